The first-order valence-corrected chi connectivity index (χ1v) is 7.95. The lowest BCUT2D eigenvalue weighted by Gasteiger charge is -2.14. The maximum absolute atomic E-state index is 6.13. The predicted molar refractivity (Wildman–Crippen MR) is 88.5 cm³/mol. The molecule has 0 amide bonds. The zero-order valence-corrected chi connectivity index (χ0v) is 13.4. The van der Waals surface area contributed by atoms with E-state index >= 15 is 0 Å². The van der Waals surface area contributed by atoms with Crippen molar-refractivity contribution in [1.82, 2.24) is 9.55 Å². The van der Waals surface area contributed by atoms with E-state index in [9.17, 15) is 0 Å². The van der Waals surface area contributed by atoms with Crippen molar-refractivity contribution in [2.45, 2.75) is 19.9 Å². The lowest BCUT2D eigenvalue weighted by molar-refractivity contribution is 0.343. The van der Waals surface area contributed by atoms with Crippen LogP contribution in [0.5, 0.6) is 5.75 Å². The smallest absolute Gasteiger partial charge is 0.201 e. The van der Waals surface area contributed by atoms with Gasteiger partial charge in [-0.25, -0.2) is 4.98 Å². The van der Waals surface area contributed by atoms with Gasteiger partial charge in [0.25, 0.3) is 0 Å². The zero-order valence-electron chi connectivity index (χ0n) is 11.8. The van der Waals surface area contributed by atoms with Gasteiger partial charge in [0.1, 0.15) is 11.3 Å². The van der Waals surface area contributed by atoms with E-state index in [1.165, 1.54) is 0 Å². The summed E-state index contributed by atoms with van der Waals surface area (Å²) in [5.41, 5.74) is 7.90. The summed E-state index contributed by atoms with van der Waals surface area (Å²) in [6, 6.07) is 9.87. The van der Waals surface area contributed by atoms with Crippen LogP contribution in [0.25, 0.3) is 11.0 Å². The Morgan fingerprint density at radius 2 is 2.19 bits per heavy atom. The molecule has 0 spiro atoms. The zero-order chi connectivity index (χ0) is 15.0. The molecule has 0 saturated heterocycles. The number of ether oxygens (including phenoxy) is 1. The summed E-state index contributed by atoms with van der Waals surface area (Å²) >= 11 is 7.59. The highest BCUT2D eigenvalue weighted by Crippen LogP contribution is 2.35. The fourth-order valence-corrected chi connectivity index (χ4v) is 3.57. The number of rotatable bonds is 4. The van der Waals surface area contributed by atoms with Gasteiger partial charge in [-0.3, -0.25) is 0 Å². The molecule has 3 aromatic rings. The Hall–Kier alpha value is -1.72. The number of para-hydroxylation sites is 1. The van der Waals surface area contributed by atoms with Crippen molar-refractivity contribution >= 4 is 39.9 Å². The van der Waals surface area contributed by atoms with E-state index in [0.29, 0.717) is 12.6 Å². The molecule has 0 aliphatic rings. The molecule has 0 saturated carbocycles. The molecule has 0 fully saturated rings. The van der Waals surface area contributed by atoms with Crippen LogP contribution in [-0.2, 0) is 0 Å². The Balaban J connectivity index is 2.14. The Morgan fingerprint density at radius 1 is 1.38 bits per heavy atom. The highest BCUT2D eigenvalue weighted by Gasteiger charge is 2.19. The highest BCUT2D eigenvalue weighted by atomic mass is 35.5. The van der Waals surface area contributed by atoms with Gasteiger partial charge in [-0.15, -0.1) is 11.3 Å². The molecule has 1 atom stereocenters. The van der Waals surface area contributed by atoms with Crippen molar-refractivity contribution in [1.29, 1.82) is 0 Å². The van der Waals surface area contributed by atoms with E-state index in [2.05, 4.69) is 11.9 Å². The van der Waals surface area contributed by atoms with Gasteiger partial charge in [0.05, 0.1) is 22.5 Å². The minimum atomic E-state index is 0.0735. The number of halogens is 1. The van der Waals surface area contributed by atoms with E-state index < -0.39 is 0 Å². The van der Waals surface area contributed by atoms with Gasteiger partial charge in [-0.1, -0.05) is 17.7 Å². The Labute approximate surface area is 132 Å². The second kappa shape index (κ2) is 5.58. The van der Waals surface area contributed by atoms with Gasteiger partial charge in [0.2, 0.25) is 5.95 Å². The van der Waals surface area contributed by atoms with Crippen LogP contribution in [0.2, 0.25) is 4.34 Å². The number of fused-ring (bicyclic) bond motifs is 1. The van der Waals surface area contributed by atoms with Crippen molar-refractivity contribution in [3.05, 3.63) is 39.5 Å². The SMILES string of the molecule is CCOc1cccc2c1nc(N)n2C(C)c1ccc(Cl)s1. The molecule has 110 valence electrons. The van der Waals surface area contributed by atoms with Gasteiger partial charge in [0, 0.05) is 4.88 Å². The fourth-order valence-electron chi connectivity index (χ4n) is 2.47. The number of benzene rings is 1. The van der Waals surface area contributed by atoms with E-state index in [4.69, 9.17) is 22.1 Å². The van der Waals surface area contributed by atoms with E-state index in [1.807, 2.05) is 41.8 Å². The standard InChI is InChI=1S/C15H16ClN3OS/c1-3-20-11-6-4-5-10-14(11)18-15(17)19(10)9(2)12-7-8-13(16)21-12/h4-9H,3H2,1-2H3,(H2,17,18). The van der Waals surface area contributed by atoms with Crippen LogP contribution < -0.4 is 10.5 Å². The molecule has 0 radical (unpaired) electrons. The van der Waals surface area contributed by atoms with E-state index in [0.717, 1.165) is 26.0 Å². The third-order valence-electron chi connectivity index (χ3n) is 3.40. The molecule has 21 heavy (non-hydrogen) atoms. The first-order chi connectivity index (χ1) is 10.1. The molecule has 1 aromatic carbocycles. The summed E-state index contributed by atoms with van der Waals surface area (Å²) in [7, 11) is 0. The largest absolute Gasteiger partial charge is 0.492 e. The fraction of sp³-hybridized carbons (Fsp3) is 0.267. The van der Waals surface area contributed by atoms with Gasteiger partial charge >= 0.3 is 0 Å². The molecule has 0 aliphatic carbocycles. The van der Waals surface area contributed by atoms with E-state index in [-0.39, 0.29) is 6.04 Å². The van der Waals surface area contributed by atoms with Crippen molar-refractivity contribution in [3.63, 3.8) is 0 Å². The Morgan fingerprint density at radius 3 is 2.86 bits per heavy atom. The third-order valence-corrected chi connectivity index (χ3v) is 4.80. The minimum absolute atomic E-state index is 0.0735. The molecule has 2 aromatic heterocycles. The maximum atomic E-state index is 6.13. The topological polar surface area (TPSA) is 53.1 Å². The Kier molecular flexibility index (Phi) is 3.78. The van der Waals surface area contributed by atoms with E-state index in [1.54, 1.807) is 11.3 Å². The lowest BCUT2D eigenvalue weighted by atomic mass is 10.2. The van der Waals surface area contributed by atoms with Gasteiger partial charge in [0.15, 0.2) is 0 Å². The van der Waals surface area contributed by atoms with Crippen molar-refractivity contribution in [2.75, 3.05) is 12.3 Å². The highest BCUT2D eigenvalue weighted by molar-refractivity contribution is 7.16. The van der Waals surface area contributed by atoms with Gasteiger partial charge in [-0.2, -0.15) is 0 Å². The summed E-state index contributed by atoms with van der Waals surface area (Å²) in [5.74, 6) is 1.24. The number of nitrogen functional groups attached to an aromatic ring is 1. The summed E-state index contributed by atoms with van der Waals surface area (Å²) in [6.45, 7) is 4.64. The predicted octanol–water partition coefficient (Wildman–Crippen LogP) is 4.34. The number of hydrogen-bond acceptors (Lipinski definition) is 4. The molecule has 1 unspecified atom stereocenters. The molecule has 6 heteroatoms. The molecule has 2 heterocycles. The number of nitrogens with zero attached hydrogens (tertiary/aromatic N) is 2. The van der Waals surface area contributed by atoms with Crippen LogP contribution in [0.3, 0.4) is 0 Å². The molecule has 3 rings (SSSR count). The Bertz CT molecular complexity index is 780. The molecule has 2 N–H and O–H groups in total. The molecule has 0 aliphatic heterocycles. The molecular formula is C15H16ClN3OS. The summed E-state index contributed by atoms with van der Waals surface area (Å²) in [5, 5.41) is 0. The van der Waals surface area contributed by atoms with Crippen LogP contribution in [0.4, 0.5) is 5.95 Å². The monoisotopic (exact) mass is 321 g/mol. The average molecular weight is 322 g/mol. The van der Waals surface area contributed by atoms with Crippen molar-refractivity contribution in [3.8, 4) is 5.75 Å². The normalized spacial score (nSPS) is 12.7. The number of nitrogens with two attached hydrogens (primary N) is 1. The minimum Gasteiger partial charge on any atom is -0.492 e. The van der Waals surface area contributed by atoms with Crippen LogP contribution in [-0.4, -0.2) is 16.2 Å². The molecule has 0 bridgehead atoms. The van der Waals surface area contributed by atoms with Crippen LogP contribution >= 0.6 is 22.9 Å². The number of thiophene rings is 1. The second-order valence-electron chi connectivity index (χ2n) is 4.71. The van der Waals surface area contributed by atoms with Gasteiger partial charge in [-0.05, 0) is 38.1 Å². The first kappa shape index (κ1) is 14.2. The van der Waals surface area contributed by atoms with Crippen molar-refractivity contribution in [2.24, 2.45) is 0 Å². The van der Waals surface area contributed by atoms with Crippen LogP contribution in [0.15, 0.2) is 30.3 Å². The van der Waals surface area contributed by atoms with Crippen LogP contribution in [0, 0.1) is 0 Å². The molecular weight excluding hydrogens is 306 g/mol. The number of hydrogen-bond donors (Lipinski definition) is 1. The number of anilines is 1. The maximum Gasteiger partial charge on any atom is 0.201 e. The van der Waals surface area contributed by atoms with Crippen molar-refractivity contribution < 1.29 is 4.74 Å². The summed E-state index contributed by atoms with van der Waals surface area (Å²) in [4.78, 5) is 5.62. The number of aromatic nitrogens is 2. The number of imidazole rings is 1. The second-order valence-corrected chi connectivity index (χ2v) is 6.46. The average Bonchev–Trinajstić information content (AvgIpc) is 3.02. The summed E-state index contributed by atoms with van der Waals surface area (Å²) < 4.78 is 8.41. The lowest BCUT2D eigenvalue weighted by Crippen LogP contribution is -2.08. The third kappa shape index (κ3) is 2.47. The first-order valence-electron chi connectivity index (χ1n) is 6.76. The molecule has 4 nitrogen and oxygen atoms in total. The van der Waals surface area contributed by atoms with Crippen LogP contribution in [0.1, 0.15) is 24.8 Å². The summed E-state index contributed by atoms with van der Waals surface area (Å²) in [6.07, 6.45) is 0. The quantitative estimate of drug-likeness (QED) is 0.777. The van der Waals surface area contributed by atoms with Gasteiger partial charge < -0.3 is 15.0 Å².